The van der Waals surface area contributed by atoms with Crippen LogP contribution in [0.3, 0.4) is 0 Å². The summed E-state index contributed by atoms with van der Waals surface area (Å²) >= 11 is 8.26. The number of thiazole rings is 1. The maximum Gasteiger partial charge on any atom is 0.246 e. The Labute approximate surface area is 473 Å². The SMILES string of the molecule is C=CC(=O)N1CCN(c2nc(NCCC(=O)N(C)CCOCCOc3cccc(C(=O)c4csc([C@@H]5CCCN5C(=O)C(NC(=O)[C@H](C)NC)C5CCCCC5)n4)c3)nc3c(F)c(-c4cc(O)cc5ccccc45)c(Cl)cc23)CC1. The summed E-state index contributed by atoms with van der Waals surface area (Å²) in [5.41, 5.74) is 1.16. The maximum atomic E-state index is 17.0. The molecule has 2 aromatic heterocycles. The Balaban J connectivity index is 0.765. The van der Waals surface area contributed by atoms with Gasteiger partial charge in [0.2, 0.25) is 35.4 Å². The zero-order valence-corrected chi connectivity index (χ0v) is 46.9. The summed E-state index contributed by atoms with van der Waals surface area (Å²) in [6.45, 7) is 8.62. The van der Waals surface area contributed by atoms with E-state index in [4.69, 9.17) is 31.0 Å². The van der Waals surface area contributed by atoms with Gasteiger partial charge in [0.05, 0.1) is 30.3 Å². The monoisotopic (exact) mass is 1130 g/mol. The van der Waals surface area contributed by atoms with E-state index in [1.165, 1.54) is 23.5 Å². The molecule has 422 valence electrons. The Morgan fingerprint density at radius 3 is 2.49 bits per heavy atom. The van der Waals surface area contributed by atoms with Crippen molar-refractivity contribution in [1.29, 1.82) is 0 Å². The minimum absolute atomic E-state index is 0.00453. The normalized spacial score (nSPS) is 16.6. The number of piperazine rings is 1. The van der Waals surface area contributed by atoms with Gasteiger partial charge >= 0.3 is 0 Å². The average Bonchev–Trinajstić information content (AvgIpc) is 4.29. The van der Waals surface area contributed by atoms with Crippen LogP contribution in [0.1, 0.15) is 85.4 Å². The van der Waals surface area contributed by atoms with Gasteiger partial charge in [0.15, 0.2) is 5.82 Å². The number of aromatic hydroxyl groups is 1. The molecule has 3 atom stereocenters. The second-order valence-electron chi connectivity index (χ2n) is 20.5. The molecule has 6 aromatic rings. The highest BCUT2D eigenvalue weighted by molar-refractivity contribution is 7.10. The van der Waals surface area contributed by atoms with Crippen molar-refractivity contribution in [2.45, 2.75) is 76.4 Å². The number of benzene rings is 4. The summed E-state index contributed by atoms with van der Waals surface area (Å²) in [5, 5.41) is 24.1. The van der Waals surface area contributed by atoms with Crippen molar-refractivity contribution in [3.63, 3.8) is 0 Å². The van der Waals surface area contributed by atoms with E-state index in [1.54, 1.807) is 72.6 Å². The third-order valence-corrected chi connectivity index (χ3v) is 16.6. The van der Waals surface area contributed by atoms with Gasteiger partial charge in [-0.2, -0.15) is 4.98 Å². The maximum absolute atomic E-state index is 17.0. The highest BCUT2D eigenvalue weighted by Gasteiger charge is 2.40. The number of amides is 4. The van der Waals surface area contributed by atoms with Crippen LogP contribution >= 0.6 is 22.9 Å². The molecule has 0 radical (unpaired) electrons. The predicted molar refractivity (Wildman–Crippen MR) is 308 cm³/mol. The molecule has 9 rings (SSSR count). The average molecular weight is 1130 g/mol. The minimum atomic E-state index is -0.701. The van der Waals surface area contributed by atoms with Crippen molar-refractivity contribution >= 4 is 85.8 Å². The Morgan fingerprint density at radius 2 is 1.71 bits per heavy atom. The fourth-order valence-corrected chi connectivity index (χ4v) is 12.0. The molecule has 1 saturated carbocycles. The van der Waals surface area contributed by atoms with Crippen molar-refractivity contribution in [3.05, 3.63) is 112 Å². The Bertz CT molecular complexity index is 3260. The van der Waals surface area contributed by atoms with Crippen LogP contribution in [0.4, 0.5) is 16.2 Å². The van der Waals surface area contributed by atoms with Crippen molar-refractivity contribution in [3.8, 4) is 22.6 Å². The first kappa shape index (κ1) is 57.4. The second-order valence-corrected chi connectivity index (χ2v) is 21.8. The highest BCUT2D eigenvalue weighted by Crippen LogP contribution is 2.43. The molecule has 2 saturated heterocycles. The number of ketones is 1. The zero-order valence-electron chi connectivity index (χ0n) is 45.3. The van der Waals surface area contributed by atoms with Crippen LogP contribution in [0, 0.1) is 11.7 Å². The van der Waals surface area contributed by atoms with E-state index in [-0.39, 0.29) is 108 Å². The van der Waals surface area contributed by atoms with Crippen molar-refractivity contribution in [2.24, 2.45) is 5.92 Å². The Kier molecular flexibility index (Phi) is 18.9. The number of aromatic nitrogens is 3. The number of rotatable bonds is 22. The molecule has 0 bridgehead atoms. The zero-order chi connectivity index (χ0) is 56.5. The van der Waals surface area contributed by atoms with Crippen LogP contribution < -0.4 is 25.6 Å². The lowest BCUT2D eigenvalue weighted by atomic mass is 9.83. The standard InChI is InChI=1S/C59H68ClFN10O8S/c1-5-48(73)69-23-25-70(26-24-69)55-44-34-45(60)50(43-33-40(72)31-38-15-9-10-18-42(38)43)51(61)53(44)66-59(67-55)63-21-20-49(74)68(4)27-28-78-29-30-79-41-17-11-16-39(32-41)54(75)46-35-80-57(64-46)47-19-12-22-71(47)58(77)52(37-13-7-6-8-14-37)65-56(76)36(2)62-3/h5,9-11,15-18,31-37,47,52,62,72H,1,6-8,12-14,19-30H2,2-4H3,(H,65,76)(H,63,66,67)/t36-,47-,52?/m0/s1. The smallest absolute Gasteiger partial charge is 0.246 e. The molecule has 4 N–H and O–H groups in total. The summed E-state index contributed by atoms with van der Waals surface area (Å²) in [6, 6.07) is 17.6. The molecule has 4 aromatic carbocycles. The molecule has 4 heterocycles. The van der Waals surface area contributed by atoms with Crippen molar-refractivity contribution in [1.82, 2.24) is 40.3 Å². The summed E-state index contributed by atoms with van der Waals surface area (Å²) in [6.07, 6.45) is 7.84. The number of ether oxygens (including phenoxy) is 2. The van der Waals surface area contributed by atoms with Gasteiger partial charge in [-0.1, -0.05) is 73.8 Å². The lowest BCUT2D eigenvalue weighted by Crippen LogP contribution is -2.55. The van der Waals surface area contributed by atoms with Crippen LogP contribution in [0.5, 0.6) is 11.5 Å². The highest BCUT2D eigenvalue weighted by atomic mass is 35.5. The molecular weight excluding hydrogens is 1060 g/mol. The van der Waals surface area contributed by atoms with Gasteiger partial charge in [0, 0.05) is 81.2 Å². The van der Waals surface area contributed by atoms with Crippen molar-refractivity contribution in [2.75, 3.05) is 89.9 Å². The topological polar surface area (TPSA) is 212 Å². The molecule has 1 aliphatic carbocycles. The number of carbonyl (C=O) groups is 5. The molecule has 4 amide bonds. The van der Waals surface area contributed by atoms with Crippen molar-refractivity contribution < 1.29 is 42.9 Å². The van der Waals surface area contributed by atoms with E-state index in [0.29, 0.717) is 83.1 Å². The number of anilines is 2. The molecule has 3 fully saturated rings. The Hall–Kier alpha value is -7.26. The first-order valence-corrected chi connectivity index (χ1v) is 28.6. The summed E-state index contributed by atoms with van der Waals surface area (Å²) in [7, 11) is 3.40. The molecule has 1 unspecified atom stereocenters. The number of hydrogen-bond acceptors (Lipinski definition) is 15. The van der Waals surface area contributed by atoms with E-state index in [2.05, 4.69) is 27.5 Å². The van der Waals surface area contributed by atoms with Gasteiger partial charge in [0.25, 0.3) is 0 Å². The molecular formula is C59H68ClFN10O8S. The second kappa shape index (κ2) is 26.3. The van der Waals surface area contributed by atoms with E-state index < -0.39 is 17.9 Å². The lowest BCUT2D eigenvalue weighted by molar-refractivity contribution is -0.139. The molecule has 80 heavy (non-hydrogen) atoms. The number of nitrogens with one attached hydrogen (secondary N) is 3. The Morgan fingerprint density at radius 1 is 0.925 bits per heavy atom. The minimum Gasteiger partial charge on any atom is -0.508 e. The molecule has 2 aliphatic heterocycles. The van der Waals surface area contributed by atoms with Gasteiger partial charge in [-0.25, -0.2) is 14.4 Å². The van der Waals surface area contributed by atoms with Crippen LogP contribution in [0.2, 0.25) is 5.02 Å². The molecule has 21 heteroatoms. The van der Waals surface area contributed by atoms with Crippen LogP contribution in [0.15, 0.2) is 84.8 Å². The van der Waals surface area contributed by atoms with Crippen LogP contribution in [-0.4, -0.2) is 156 Å². The number of carbonyl (C=O) groups excluding carboxylic acids is 5. The predicted octanol–water partition coefficient (Wildman–Crippen LogP) is 8.16. The summed E-state index contributed by atoms with van der Waals surface area (Å²) < 4.78 is 28.8. The van der Waals surface area contributed by atoms with Gasteiger partial charge < -0.3 is 50.1 Å². The number of fused-ring (bicyclic) bond motifs is 2. The van der Waals surface area contributed by atoms with E-state index >= 15 is 4.39 Å². The largest absolute Gasteiger partial charge is 0.508 e. The van der Waals surface area contributed by atoms with Crippen LogP contribution in [0.25, 0.3) is 32.8 Å². The number of nitrogens with zero attached hydrogens (tertiary/aromatic N) is 7. The summed E-state index contributed by atoms with van der Waals surface area (Å²) in [5.74, 6) is -0.599. The fraction of sp³-hybridized carbons (Fsp3) is 0.424. The number of likely N-dealkylation sites (N-methyl/N-ethyl adjacent to an activating group) is 2. The third kappa shape index (κ3) is 13.2. The third-order valence-electron chi connectivity index (χ3n) is 15.3. The molecule has 3 aliphatic rings. The fourth-order valence-electron chi connectivity index (χ4n) is 10.8. The van der Waals surface area contributed by atoms with Crippen LogP contribution in [-0.2, 0) is 23.9 Å². The number of phenolic OH excluding ortho intramolecular Hbond substituents is 1. The first-order valence-electron chi connectivity index (χ1n) is 27.4. The van der Waals surface area contributed by atoms with Gasteiger partial charge in [-0.3, -0.25) is 24.0 Å². The molecule has 0 spiro atoms. The number of phenols is 1. The number of likely N-dealkylation sites (tertiary alicyclic amines) is 1. The van der Waals surface area contributed by atoms with E-state index in [1.807, 2.05) is 34.1 Å². The molecule has 18 nitrogen and oxygen atoms in total. The van der Waals surface area contributed by atoms with Gasteiger partial charge in [0.1, 0.15) is 46.2 Å². The summed E-state index contributed by atoms with van der Waals surface area (Å²) in [4.78, 5) is 88.0. The van der Waals surface area contributed by atoms with E-state index in [9.17, 15) is 29.1 Å². The quantitative estimate of drug-likeness (QED) is 0.0287. The number of hydrogen-bond donors (Lipinski definition) is 4. The van der Waals surface area contributed by atoms with Gasteiger partial charge in [-0.05, 0) is 98.3 Å². The van der Waals surface area contributed by atoms with Gasteiger partial charge in [-0.15, -0.1) is 11.3 Å². The lowest BCUT2D eigenvalue weighted by Gasteiger charge is -2.35. The number of halogens is 2. The first-order chi connectivity index (χ1) is 38.7. The van der Waals surface area contributed by atoms with E-state index in [0.717, 1.165) is 44.9 Å².